The second-order valence-corrected chi connectivity index (χ2v) is 9.18. The summed E-state index contributed by atoms with van der Waals surface area (Å²) < 4.78 is 61.5. The summed E-state index contributed by atoms with van der Waals surface area (Å²) >= 11 is 0. The molecule has 172 valence electrons. The highest BCUT2D eigenvalue weighted by Gasteiger charge is 2.48. The Labute approximate surface area is 184 Å². The number of ether oxygens (including phenoxy) is 1. The van der Waals surface area contributed by atoms with Crippen molar-refractivity contribution in [2.24, 2.45) is 17.8 Å². The van der Waals surface area contributed by atoms with Crippen LogP contribution in [-0.4, -0.2) is 60.2 Å². The third kappa shape index (κ3) is 4.32. The van der Waals surface area contributed by atoms with Crippen LogP contribution in [0.2, 0.25) is 0 Å². The van der Waals surface area contributed by atoms with Crippen LogP contribution in [-0.2, 0) is 4.74 Å². The minimum atomic E-state index is -1.28. The molecule has 1 aromatic carbocycles. The van der Waals surface area contributed by atoms with Gasteiger partial charge in [0.15, 0.2) is 11.6 Å². The maximum atomic E-state index is 15.2. The lowest BCUT2D eigenvalue weighted by Crippen LogP contribution is -2.35. The van der Waals surface area contributed by atoms with E-state index in [2.05, 4.69) is 20.4 Å². The molecule has 1 aliphatic carbocycles. The molecule has 2 aromatic rings. The highest BCUT2D eigenvalue weighted by atomic mass is 19.2. The van der Waals surface area contributed by atoms with Gasteiger partial charge in [-0.15, -0.1) is 10.2 Å². The predicted molar refractivity (Wildman–Crippen MR) is 111 cm³/mol. The van der Waals surface area contributed by atoms with E-state index in [9.17, 15) is 13.2 Å². The van der Waals surface area contributed by atoms with Gasteiger partial charge in [0, 0.05) is 50.4 Å². The van der Waals surface area contributed by atoms with Crippen molar-refractivity contribution >= 4 is 5.82 Å². The van der Waals surface area contributed by atoms with Gasteiger partial charge in [0.25, 0.3) is 0 Å². The van der Waals surface area contributed by atoms with E-state index in [1.165, 1.54) is 12.1 Å². The number of hydrogen-bond acceptors (Lipinski definition) is 5. The molecule has 1 saturated carbocycles. The lowest BCUT2D eigenvalue weighted by Gasteiger charge is -2.28. The Morgan fingerprint density at radius 3 is 2.59 bits per heavy atom. The Balaban J connectivity index is 1.19. The Hall–Kier alpha value is -2.26. The largest absolute Gasteiger partial charge is 0.381 e. The maximum absolute atomic E-state index is 15.2. The average Bonchev–Trinajstić information content (AvgIpc) is 3.30. The smallest absolute Gasteiger partial charge is 0.168 e. The van der Waals surface area contributed by atoms with Gasteiger partial charge in [-0.1, -0.05) is 0 Å². The molecule has 3 heterocycles. The normalized spacial score (nSPS) is 28.8. The molecule has 3 fully saturated rings. The van der Waals surface area contributed by atoms with Gasteiger partial charge >= 0.3 is 0 Å². The molecule has 0 spiro atoms. The number of benzene rings is 1. The van der Waals surface area contributed by atoms with E-state index in [4.69, 9.17) is 4.74 Å². The molecule has 2 saturated heterocycles. The Kier molecular flexibility index (Phi) is 6.03. The Morgan fingerprint density at radius 2 is 1.88 bits per heavy atom. The molecule has 0 bridgehead atoms. The first kappa shape index (κ1) is 21.6. The van der Waals surface area contributed by atoms with Gasteiger partial charge in [-0.3, -0.25) is 0 Å². The topological polar surface area (TPSA) is 50.3 Å². The minimum absolute atomic E-state index is 0.00365. The average molecular weight is 450 g/mol. The van der Waals surface area contributed by atoms with E-state index in [1.807, 2.05) is 0 Å². The van der Waals surface area contributed by atoms with Crippen LogP contribution in [0, 0.1) is 35.2 Å². The lowest BCUT2D eigenvalue weighted by molar-refractivity contribution is 0.0539. The van der Waals surface area contributed by atoms with Gasteiger partial charge in [-0.25, -0.2) is 17.6 Å². The van der Waals surface area contributed by atoms with E-state index >= 15 is 4.39 Å². The van der Waals surface area contributed by atoms with E-state index < -0.39 is 23.6 Å². The number of alkyl halides is 1. The number of halogens is 4. The Morgan fingerprint density at radius 1 is 1.06 bits per heavy atom. The molecule has 1 aromatic heterocycles. The molecule has 0 amide bonds. The molecule has 4 atom stereocenters. The number of aromatic nitrogens is 2. The number of nitrogens with one attached hydrogen (secondary N) is 1. The van der Waals surface area contributed by atoms with Crippen LogP contribution >= 0.6 is 0 Å². The fourth-order valence-electron chi connectivity index (χ4n) is 5.42. The molecule has 9 heteroatoms. The van der Waals surface area contributed by atoms with E-state index in [-0.39, 0.29) is 23.2 Å². The molecule has 1 N–H and O–H groups in total. The summed E-state index contributed by atoms with van der Waals surface area (Å²) in [5.74, 6) is -2.06. The zero-order valence-electron chi connectivity index (χ0n) is 17.6. The van der Waals surface area contributed by atoms with Crippen LogP contribution < -0.4 is 5.32 Å². The van der Waals surface area contributed by atoms with Crippen molar-refractivity contribution in [3.05, 3.63) is 41.7 Å². The van der Waals surface area contributed by atoms with Gasteiger partial charge < -0.3 is 15.0 Å². The molecule has 2 aliphatic heterocycles. The SMILES string of the molecule is Fc1cc(F)c(F)c(-c2ccc(N[C@H]3C[C@@H]4CN(CC5CCOCC5)C[C@@H]4[C@H]3F)nn2)c1. The third-order valence-corrected chi connectivity index (χ3v) is 7.04. The summed E-state index contributed by atoms with van der Waals surface area (Å²) in [7, 11) is 0. The quantitative estimate of drug-likeness (QED) is 0.550. The molecular weight excluding hydrogens is 424 g/mol. The van der Waals surface area contributed by atoms with Crippen molar-refractivity contribution in [2.45, 2.75) is 31.5 Å². The fraction of sp³-hybridized carbons (Fsp3) is 0.565. The summed E-state index contributed by atoms with van der Waals surface area (Å²) in [6.45, 7) is 4.35. The highest BCUT2D eigenvalue weighted by molar-refractivity contribution is 5.60. The van der Waals surface area contributed by atoms with Crippen LogP contribution in [0.1, 0.15) is 19.3 Å². The number of rotatable bonds is 5. The van der Waals surface area contributed by atoms with Gasteiger partial charge in [-0.05, 0) is 49.3 Å². The van der Waals surface area contributed by atoms with Crippen LogP contribution in [0.4, 0.5) is 23.4 Å². The predicted octanol–water partition coefficient (Wildman–Crippen LogP) is 4.06. The van der Waals surface area contributed by atoms with Crippen molar-refractivity contribution in [1.29, 1.82) is 0 Å². The first-order valence-corrected chi connectivity index (χ1v) is 11.2. The number of anilines is 1. The van der Waals surface area contributed by atoms with Crippen LogP contribution in [0.25, 0.3) is 11.3 Å². The minimum Gasteiger partial charge on any atom is -0.381 e. The summed E-state index contributed by atoms with van der Waals surface area (Å²) in [6, 6.07) is 3.94. The number of fused-ring (bicyclic) bond motifs is 1. The second kappa shape index (κ2) is 8.94. The second-order valence-electron chi connectivity index (χ2n) is 9.18. The first-order valence-electron chi connectivity index (χ1n) is 11.2. The van der Waals surface area contributed by atoms with Crippen LogP contribution in [0.15, 0.2) is 24.3 Å². The molecule has 0 radical (unpaired) electrons. The summed E-state index contributed by atoms with van der Waals surface area (Å²) in [6.07, 6.45) is 1.88. The van der Waals surface area contributed by atoms with E-state index in [1.54, 1.807) is 0 Å². The lowest BCUT2D eigenvalue weighted by atomic mass is 9.99. The molecule has 32 heavy (non-hydrogen) atoms. The zero-order valence-corrected chi connectivity index (χ0v) is 17.6. The van der Waals surface area contributed by atoms with Crippen molar-refractivity contribution in [3.63, 3.8) is 0 Å². The first-order chi connectivity index (χ1) is 15.5. The van der Waals surface area contributed by atoms with Crippen LogP contribution in [0.5, 0.6) is 0 Å². The standard InChI is InChI=1S/C23H26F4N4O/c24-15-8-16(22(26)18(25)9-15)19-1-2-21(30-29-19)28-20-7-14-11-31(12-17(14)23(20)27)10-13-3-5-32-6-4-13/h1-2,8-9,13-14,17,20,23H,3-7,10-12H2,(H,28,30)/t14-,17+,20+,23-/m1/s1. The molecule has 3 aliphatic rings. The maximum Gasteiger partial charge on any atom is 0.168 e. The van der Waals surface area contributed by atoms with Crippen molar-refractivity contribution < 1.29 is 22.3 Å². The van der Waals surface area contributed by atoms with E-state index in [0.717, 1.165) is 51.8 Å². The number of nitrogens with zero attached hydrogens (tertiary/aromatic N) is 3. The summed E-state index contributed by atoms with van der Waals surface area (Å²) in [5, 5.41) is 11.0. The van der Waals surface area contributed by atoms with Crippen molar-refractivity contribution in [2.75, 3.05) is 38.2 Å². The molecule has 0 unspecified atom stereocenters. The Bertz CT molecular complexity index is 954. The van der Waals surface area contributed by atoms with Gasteiger partial charge in [0.2, 0.25) is 0 Å². The summed E-state index contributed by atoms with van der Waals surface area (Å²) in [5.41, 5.74) is -0.291. The van der Waals surface area contributed by atoms with Crippen molar-refractivity contribution in [1.82, 2.24) is 15.1 Å². The van der Waals surface area contributed by atoms with Gasteiger partial charge in [0.1, 0.15) is 17.8 Å². The van der Waals surface area contributed by atoms with Gasteiger partial charge in [0.05, 0.1) is 11.7 Å². The molecule has 5 nitrogen and oxygen atoms in total. The monoisotopic (exact) mass is 450 g/mol. The number of hydrogen-bond donors (Lipinski definition) is 1. The van der Waals surface area contributed by atoms with E-state index in [0.29, 0.717) is 30.1 Å². The van der Waals surface area contributed by atoms with Crippen LogP contribution in [0.3, 0.4) is 0 Å². The van der Waals surface area contributed by atoms with Crippen molar-refractivity contribution in [3.8, 4) is 11.3 Å². The zero-order chi connectivity index (χ0) is 22.2. The molecular formula is C23H26F4N4O. The molecule has 5 rings (SSSR count). The number of likely N-dealkylation sites (tertiary alicyclic amines) is 1. The highest BCUT2D eigenvalue weighted by Crippen LogP contribution is 2.41. The third-order valence-electron chi connectivity index (χ3n) is 7.04. The van der Waals surface area contributed by atoms with Gasteiger partial charge in [-0.2, -0.15) is 0 Å². The fourth-order valence-corrected chi connectivity index (χ4v) is 5.42. The summed E-state index contributed by atoms with van der Waals surface area (Å²) in [4.78, 5) is 2.40.